The largest absolute Gasteiger partial charge is 0.325 e. The number of carbonyl (C=O) groups is 2. The molecule has 2 amide bonds. The Hall–Kier alpha value is -1.75. The summed E-state index contributed by atoms with van der Waals surface area (Å²) in [5, 5.41) is 4.01. The molecule has 0 bridgehead atoms. The van der Waals surface area contributed by atoms with Gasteiger partial charge < -0.3 is 10.2 Å². The van der Waals surface area contributed by atoms with Crippen molar-refractivity contribution in [1.82, 2.24) is 0 Å². The van der Waals surface area contributed by atoms with E-state index >= 15 is 0 Å². The van der Waals surface area contributed by atoms with Crippen LogP contribution in [0.25, 0.3) is 0 Å². The van der Waals surface area contributed by atoms with E-state index in [0.717, 1.165) is 0 Å². The molecule has 1 N–H and O–H groups in total. The maximum absolute atomic E-state index is 12.1. The van der Waals surface area contributed by atoms with Gasteiger partial charge in [-0.1, -0.05) is 46.9 Å². The van der Waals surface area contributed by atoms with E-state index in [1.54, 1.807) is 42.5 Å². The molecule has 0 aliphatic heterocycles. The molecule has 126 valence electrons. The van der Waals surface area contributed by atoms with Crippen LogP contribution in [0, 0.1) is 0 Å². The Kier molecular flexibility index (Phi) is 6.49. The fraction of sp³-hybridized carbons (Fsp3) is 0.176. The molecule has 0 aliphatic carbocycles. The molecule has 0 fully saturated rings. The fourth-order valence-corrected chi connectivity index (χ4v) is 2.70. The van der Waals surface area contributed by atoms with Gasteiger partial charge in [0.05, 0.1) is 21.4 Å². The van der Waals surface area contributed by atoms with Crippen LogP contribution in [0.15, 0.2) is 42.5 Å². The monoisotopic (exact) mass is 384 g/mol. The normalized spacial score (nSPS) is 10.3. The highest BCUT2D eigenvalue weighted by atomic mass is 35.5. The van der Waals surface area contributed by atoms with Crippen molar-refractivity contribution in [3.63, 3.8) is 0 Å². The molecular weight excluding hydrogens is 371 g/mol. The molecule has 0 heterocycles. The molecule has 0 aromatic heterocycles. The average molecular weight is 386 g/mol. The van der Waals surface area contributed by atoms with Gasteiger partial charge in [0.1, 0.15) is 0 Å². The molecule has 0 spiro atoms. The van der Waals surface area contributed by atoms with Gasteiger partial charge >= 0.3 is 0 Å². The Morgan fingerprint density at radius 2 is 1.75 bits per heavy atom. The predicted octanol–water partition coefficient (Wildman–Crippen LogP) is 5.03. The van der Waals surface area contributed by atoms with E-state index < -0.39 is 0 Å². The Morgan fingerprint density at radius 1 is 1.04 bits per heavy atom. The summed E-state index contributed by atoms with van der Waals surface area (Å²) in [5.41, 5.74) is 1.00. The smallest absolute Gasteiger partial charge is 0.226 e. The van der Waals surface area contributed by atoms with E-state index in [1.807, 2.05) is 0 Å². The first-order valence-electron chi connectivity index (χ1n) is 7.16. The summed E-state index contributed by atoms with van der Waals surface area (Å²) >= 11 is 18.1. The van der Waals surface area contributed by atoms with Gasteiger partial charge in [-0.15, -0.1) is 0 Å². The Morgan fingerprint density at radius 3 is 2.42 bits per heavy atom. The summed E-state index contributed by atoms with van der Waals surface area (Å²) in [5.74, 6) is -0.489. The summed E-state index contributed by atoms with van der Waals surface area (Å²) < 4.78 is 0. The number of hydrogen-bond acceptors (Lipinski definition) is 2. The van der Waals surface area contributed by atoms with Crippen molar-refractivity contribution in [2.45, 2.75) is 13.3 Å². The predicted molar refractivity (Wildman–Crippen MR) is 99.2 cm³/mol. The lowest BCUT2D eigenvalue weighted by Gasteiger charge is -2.22. The molecule has 0 aliphatic rings. The Labute approximate surface area is 155 Å². The summed E-state index contributed by atoms with van der Waals surface area (Å²) in [4.78, 5) is 25.4. The number of rotatable bonds is 5. The van der Waals surface area contributed by atoms with E-state index in [2.05, 4.69) is 5.32 Å². The molecule has 24 heavy (non-hydrogen) atoms. The van der Waals surface area contributed by atoms with Crippen LogP contribution in [-0.4, -0.2) is 18.4 Å². The molecular formula is C17H15Cl3N2O2. The molecule has 0 radical (unpaired) electrons. The quantitative estimate of drug-likeness (QED) is 0.785. The number of amides is 2. The number of carbonyl (C=O) groups excluding carboxylic acids is 2. The maximum Gasteiger partial charge on any atom is 0.226 e. The minimum absolute atomic E-state index is 0.0909. The number of hydrogen-bond donors (Lipinski definition) is 1. The van der Waals surface area contributed by atoms with Crippen molar-refractivity contribution in [2.75, 3.05) is 16.8 Å². The van der Waals surface area contributed by atoms with E-state index in [4.69, 9.17) is 34.8 Å². The number of nitrogens with one attached hydrogen (secondary N) is 1. The molecule has 4 nitrogen and oxygen atoms in total. The summed E-state index contributed by atoms with van der Waals surface area (Å²) in [6.07, 6.45) is 0.0909. The van der Waals surface area contributed by atoms with E-state index in [-0.39, 0.29) is 24.8 Å². The van der Waals surface area contributed by atoms with Crippen molar-refractivity contribution in [2.24, 2.45) is 0 Å². The first kappa shape index (κ1) is 18.6. The summed E-state index contributed by atoms with van der Waals surface area (Å²) in [6.45, 7) is 1.58. The molecule has 0 atom stereocenters. The molecule has 0 saturated heterocycles. The van der Waals surface area contributed by atoms with Gasteiger partial charge in [-0.3, -0.25) is 9.59 Å². The van der Waals surface area contributed by atoms with Gasteiger partial charge in [0, 0.05) is 24.9 Å². The van der Waals surface area contributed by atoms with Crippen molar-refractivity contribution < 1.29 is 9.59 Å². The second-order valence-electron chi connectivity index (χ2n) is 5.04. The topological polar surface area (TPSA) is 49.4 Å². The lowest BCUT2D eigenvalue weighted by atomic mass is 10.2. The van der Waals surface area contributed by atoms with Crippen LogP contribution >= 0.6 is 34.8 Å². The minimum atomic E-state index is -0.257. The van der Waals surface area contributed by atoms with E-state index in [1.165, 1.54) is 11.8 Å². The van der Waals surface area contributed by atoms with Crippen molar-refractivity contribution in [1.29, 1.82) is 0 Å². The zero-order valence-corrected chi connectivity index (χ0v) is 15.1. The van der Waals surface area contributed by atoms with Crippen LogP contribution in [0.4, 0.5) is 11.4 Å². The minimum Gasteiger partial charge on any atom is -0.325 e. The number of halogens is 3. The molecule has 2 aromatic rings. The van der Waals surface area contributed by atoms with Crippen LogP contribution in [-0.2, 0) is 9.59 Å². The second kappa shape index (κ2) is 8.38. The third-order valence-corrected chi connectivity index (χ3v) is 4.17. The van der Waals surface area contributed by atoms with Gasteiger partial charge in [0.15, 0.2) is 0 Å². The third-order valence-electron chi connectivity index (χ3n) is 3.29. The lowest BCUT2D eigenvalue weighted by Crippen LogP contribution is -2.32. The molecule has 2 rings (SSSR count). The van der Waals surface area contributed by atoms with Gasteiger partial charge in [-0.2, -0.15) is 0 Å². The summed E-state index contributed by atoms with van der Waals surface area (Å²) in [6, 6.07) is 11.8. The van der Waals surface area contributed by atoms with Crippen LogP contribution in [0.3, 0.4) is 0 Å². The average Bonchev–Trinajstić information content (AvgIpc) is 2.52. The van der Waals surface area contributed by atoms with Crippen LogP contribution < -0.4 is 10.2 Å². The molecule has 0 saturated carbocycles. The number of nitrogens with zero attached hydrogens (tertiary/aromatic N) is 1. The van der Waals surface area contributed by atoms with Crippen LogP contribution in [0.1, 0.15) is 13.3 Å². The highest BCUT2D eigenvalue weighted by Crippen LogP contribution is 2.29. The fourth-order valence-electron chi connectivity index (χ4n) is 2.13. The lowest BCUT2D eigenvalue weighted by molar-refractivity contribution is -0.117. The van der Waals surface area contributed by atoms with Crippen molar-refractivity contribution in [3.05, 3.63) is 57.5 Å². The van der Waals surface area contributed by atoms with E-state index in [0.29, 0.717) is 26.4 Å². The second-order valence-corrected chi connectivity index (χ2v) is 6.30. The maximum atomic E-state index is 12.1. The first-order valence-corrected chi connectivity index (χ1v) is 8.29. The van der Waals surface area contributed by atoms with Crippen molar-refractivity contribution in [3.8, 4) is 0 Å². The number of para-hydroxylation sites is 1. The number of benzene rings is 2. The van der Waals surface area contributed by atoms with Crippen LogP contribution in [0.5, 0.6) is 0 Å². The molecule has 7 heteroatoms. The first-order chi connectivity index (χ1) is 11.4. The highest BCUT2D eigenvalue weighted by Gasteiger charge is 2.17. The molecule has 2 aromatic carbocycles. The van der Waals surface area contributed by atoms with Gasteiger partial charge in [0.25, 0.3) is 0 Å². The zero-order chi connectivity index (χ0) is 17.7. The van der Waals surface area contributed by atoms with Crippen LogP contribution in [0.2, 0.25) is 15.1 Å². The molecule has 0 unspecified atom stereocenters. The Balaban J connectivity index is 2.07. The zero-order valence-electron chi connectivity index (χ0n) is 12.9. The highest BCUT2D eigenvalue weighted by molar-refractivity contribution is 6.36. The van der Waals surface area contributed by atoms with Gasteiger partial charge in [-0.25, -0.2) is 0 Å². The SMILES string of the molecule is CC(=O)N(CCC(=O)Nc1ccccc1Cl)c1cc(Cl)ccc1Cl. The van der Waals surface area contributed by atoms with E-state index in [9.17, 15) is 9.59 Å². The number of anilines is 2. The Bertz CT molecular complexity index is 765. The van der Waals surface area contributed by atoms with Gasteiger partial charge in [0.2, 0.25) is 11.8 Å². The van der Waals surface area contributed by atoms with Crippen molar-refractivity contribution >= 4 is 58.0 Å². The summed E-state index contributed by atoms with van der Waals surface area (Å²) in [7, 11) is 0. The third kappa shape index (κ3) is 4.87. The van der Waals surface area contributed by atoms with Gasteiger partial charge in [-0.05, 0) is 30.3 Å². The standard InChI is InChI=1S/C17H15Cl3N2O2/c1-11(23)22(16-10-12(18)6-7-14(16)20)9-8-17(24)21-15-5-3-2-4-13(15)19/h2-7,10H,8-9H2,1H3,(H,21,24).